The molecule has 1 nitrogen and oxygen atoms in total. The molecule has 0 aromatic carbocycles. The van der Waals surface area contributed by atoms with E-state index in [-0.39, 0.29) is 0 Å². The molecule has 0 bridgehead atoms. The van der Waals surface area contributed by atoms with E-state index in [9.17, 15) is 0 Å². The van der Waals surface area contributed by atoms with Gasteiger partial charge in [0.15, 0.2) is 0 Å². The van der Waals surface area contributed by atoms with Gasteiger partial charge in [0.25, 0.3) is 0 Å². The number of unbranched alkanes of at least 4 members (excludes halogenated alkanes) is 3. The lowest BCUT2D eigenvalue weighted by atomic mass is 10.1. The van der Waals surface area contributed by atoms with Crippen molar-refractivity contribution in [2.45, 2.75) is 52.0 Å². The minimum Gasteiger partial charge on any atom is -0.310 e. The molecule has 0 radical (unpaired) electrons. The molecule has 1 rings (SSSR count). The Kier molecular flexibility index (Phi) is 7.33. The summed E-state index contributed by atoms with van der Waals surface area (Å²) in [5.41, 5.74) is 0. The van der Waals surface area contributed by atoms with Gasteiger partial charge in [0.1, 0.15) is 0 Å². The summed E-state index contributed by atoms with van der Waals surface area (Å²) in [6.07, 6.45) is 6.65. The Balaban J connectivity index is 2.41. The molecule has 1 unspecified atom stereocenters. The second kappa shape index (κ2) is 8.26. The summed E-state index contributed by atoms with van der Waals surface area (Å²) in [5, 5.41) is 5.75. The summed E-state index contributed by atoms with van der Waals surface area (Å²) < 4.78 is 1.21. The van der Waals surface area contributed by atoms with E-state index in [0.29, 0.717) is 6.04 Å². The number of hydrogen-bond donors (Lipinski definition) is 1. The Morgan fingerprint density at radius 2 is 2.12 bits per heavy atom. The summed E-state index contributed by atoms with van der Waals surface area (Å²) in [6.45, 7) is 5.49. The molecule has 0 amide bonds. The topological polar surface area (TPSA) is 12.0 Å². The molecule has 1 heterocycles. The zero-order chi connectivity index (χ0) is 11.8. The first-order valence-electron chi connectivity index (χ1n) is 6.25. The van der Waals surface area contributed by atoms with Crippen LogP contribution in [0.1, 0.15) is 56.9 Å². The molecule has 92 valence electrons. The maximum atomic E-state index is 3.58. The van der Waals surface area contributed by atoms with Crippen LogP contribution in [-0.4, -0.2) is 6.54 Å². The van der Waals surface area contributed by atoms with Gasteiger partial charge in [0, 0.05) is 20.8 Å². The average molecular weight is 304 g/mol. The monoisotopic (exact) mass is 303 g/mol. The molecular formula is C13H22BrNS. The largest absolute Gasteiger partial charge is 0.310 e. The van der Waals surface area contributed by atoms with Gasteiger partial charge in [-0.25, -0.2) is 0 Å². The Labute approximate surface area is 112 Å². The third-order valence-corrected chi connectivity index (χ3v) is 4.54. The maximum absolute atomic E-state index is 3.58. The van der Waals surface area contributed by atoms with Gasteiger partial charge >= 0.3 is 0 Å². The molecule has 1 atom stereocenters. The maximum Gasteiger partial charge on any atom is 0.0415 e. The molecule has 3 heteroatoms. The minimum absolute atomic E-state index is 0.554. The van der Waals surface area contributed by atoms with Gasteiger partial charge in [-0.3, -0.25) is 0 Å². The average Bonchev–Trinajstić information content (AvgIpc) is 2.69. The van der Waals surface area contributed by atoms with Gasteiger partial charge in [-0.2, -0.15) is 0 Å². The highest BCUT2D eigenvalue weighted by Crippen LogP contribution is 2.28. The van der Waals surface area contributed by atoms with Crippen molar-refractivity contribution in [1.82, 2.24) is 5.32 Å². The summed E-state index contributed by atoms with van der Waals surface area (Å²) >= 11 is 5.38. The molecule has 0 aliphatic heterocycles. The van der Waals surface area contributed by atoms with E-state index in [4.69, 9.17) is 0 Å². The van der Waals surface area contributed by atoms with Gasteiger partial charge in [-0.15, -0.1) is 11.3 Å². The van der Waals surface area contributed by atoms with Crippen molar-refractivity contribution in [3.05, 3.63) is 20.8 Å². The molecule has 1 N–H and O–H groups in total. The zero-order valence-electron chi connectivity index (χ0n) is 10.3. The molecule has 0 fully saturated rings. The lowest BCUT2D eigenvalue weighted by molar-refractivity contribution is 0.487. The molecule has 0 saturated heterocycles. The van der Waals surface area contributed by atoms with E-state index in [0.717, 1.165) is 6.54 Å². The van der Waals surface area contributed by atoms with Crippen LogP contribution in [0.2, 0.25) is 0 Å². The van der Waals surface area contributed by atoms with Crippen LogP contribution in [0.15, 0.2) is 15.9 Å². The van der Waals surface area contributed by atoms with Gasteiger partial charge < -0.3 is 5.32 Å². The number of halogens is 1. The normalized spacial score (nSPS) is 12.9. The summed E-state index contributed by atoms with van der Waals surface area (Å²) in [7, 11) is 0. The van der Waals surface area contributed by atoms with Crippen LogP contribution in [0, 0.1) is 0 Å². The predicted molar refractivity (Wildman–Crippen MR) is 77.2 cm³/mol. The second-order valence-electron chi connectivity index (χ2n) is 4.13. The summed E-state index contributed by atoms with van der Waals surface area (Å²) in [5.74, 6) is 0. The van der Waals surface area contributed by atoms with E-state index in [1.165, 1.54) is 41.5 Å². The van der Waals surface area contributed by atoms with E-state index in [1.807, 2.05) is 11.3 Å². The molecule has 0 aliphatic rings. The van der Waals surface area contributed by atoms with Crippen LogP contribution < -0.4 is 5.32 Å². The minimum atomic E-state index is 0.554. The third-order valence-electron chi connectivity index (χ3n) is 2.73. The highest BCUT2D eigenvalue weighted by Gasteiger charge is 2.11. The second-order valence-corrected chi connectivity index (χ2v) is 5.99. The van der Waals surface area contributed by atoms with E-state index in [2.05, 4.69) is 46.5 Å². The van der Waals surface area contributed by atoms with Crippen LogP contribution in [0.25, 0.3) is 0 Å². The molecule has 16 heavy (non-hydrogen) atoms. The Morgan fingerprint density at radius 3 is 2.69 bits per heavy atom. The van der Waals surface area contributed by atoms with Gasteiger partial charge in [0.2, 0.25) is 0 Å². The number of nitrogens with one attached hydrogen (secondary N) is 1. The quantitative estimate of drug-likeness (QED) is 0.656. The molecule has 1 aromatic rings. The summed E-state index contributed by atoms with van der Waals surface area (Å²) in [4.78, 5) is 1.46. The highest BCUT2D eigenvalue weighted by atomic mass is 79.9. The van der Waals surface area contributed by atoms with E-state index in [1.54, 1.807) is 0 Å². The first-order chi connectivity index (χ1) is 7.77. The number of thiophene rings is 1. The Hall–Kier alpha value is 0.140. The lowest BCUT2D eigenvalue weighted by Crippen LogP contribution is -2.19. The van der Waals surface area contributed by atoms with Crippen molar-refractivity contribution < 1.29 is 0 Å². The summed E-state index contributed by atoms with van der Waals surface area (Å²) in [6, 6.07) is 2.80. The van der Waals surface area contributed by atoms with Crippen LogP contribution in [-0.2, 0) is 0 Å². The number of rotatable bonds is 8. The van der Waals surface area contributed by atoms with Crippen molar-refractivity contribution in [3.63, 3.8) is 0 Å². The van der Waals surface area contributed by atoms with Crippen LogP contribution in [0.5, 0.6) is 0 Å². The van der Waals surface area contributed by atoms with Crippen molar-refractivity contribution in [2.24, 2.45) is 0 Å². The molecule has 0 saturated carbocycles. The highest BCUT2D eigenvalue weighted by molar-refractivity contribution is 9.10. The van der Waals surface area contributed by atoms with E-state index >= 15 is 0 Å². The van der Waals surface area contributed by atoms with Gasteiger partial charge in [-0.05, 0) is 35.0 Å². The molecular weight excluding hydrogens is 282 g/mol. The fourth-order valence-corrected chi connectivity index (χ4v) is 3.43. The Morgan fingerprint density at radius 1 is 1.31 bits per heavy atom. The molecule has 0 spiro atoms. The predicted octanol–water partition coefficient (Wildman–Crippen LogP) is 5.13. The van der Waals surface area contributed by atoms with Crippen LogP contribution >= 0.6 is 27.3 Å². The fourth-order valence-electron chi connectivity index (χ4n) is 1.88. The fraction of sp³-hybridized carbons (Fsp3) is 0.692. The smallest absolute Gasteiger partial charge is 0.0415 e. The van der Waals surface area contributed by atoms with Crippen molar-refractivity contribution >= 4 is 27.3 Å². The number of hydrogen-bond acceptors (Lipinski definition) is 2. The van der Waals surface area contributed by atoms with Gasteiger partial charge in [0.05, 0.1) is 0 Å². The Bertz CT molecular complexity index is 285. The molecule has 0 aliphatic carbocycles. The van der Waals surface area contributed by atoms with Crippen molar-refractivity contribution in [3.8, 4) is 0 Å². The zero-order valence-corrected chi connectivity index (χ0v) is 12.7. The van der Waals surface area contributed by atoms with Crippen molar-refractivity contribution in [2.75, 3.05) is 6.54 Å². The first kappa shape index (κ1) is 14.2. The molecule has 1 aromatic heterocycles. The SMILES string of the molecule is CCCCCCC(NCC)c1cc(Br)cs1. The first-order valence-corrected chi connectivity index (χ1v) is 7.92. The van der Waals surface area contributed by atoms with Crippen molar-refractivity contribution in [1.29, 1.82) is 0 Å². The van der Waals surface area contributed by atoms with E-state index < -0.39 is 0 Å². The van der Waals surface area contributed by atoms with Crippen LogP contribution in [0.3, 0.4) is 0 Å². The standard InChI is InChI=1S/C13H22BrNS/c1-3-5-6-7-8-12(15-4-2)13-9-11(14)10-16-13/h9-10,12,15H,3-8H2,1-2H3. The lowest BCUT2D eigenvalue weighted by Gasteiger charge is -2.16. The van der Waals surface area contributed by atoms with Crippen LogP contribution in [0.4, 0.5) is 0 Å². The third kappa shape index (κ3) is 4.98. The van der Waals surface area contributed by atoms with Gasteiger partial charge in [-0.1, -0.05) is 39.5 Å².